The molecule has 0 saturated heterocycles. The largest absolute Gasteiger partial charge is 0.393 e. The lowest BCUT2D eigenvalue weighted by Gasteiger charge is -1.98. The third-order valence-corrected chi connectivity index (χ3v) is 1.37. The summed E-state index contributed by atoms with van der Waals surface area (Å²) in [5, 5.41) is 15.5. The molecule has 1 rings (SSSR count). The fourth-order valence-electron chi connectivity index (χ4n) is 0.713. The van der Waals surface area contributed by atoms with Gasteiger partial charge < -0.3 is 10.6 Å². The number of carbonyl (C=O) groups excluding carboxylic acids is 1. The highest BCUT2D eigenvalue weighted by molar-refractivity contribution is 6.44. The predicted octanol–water partition coefficient (Wildman–Crippen LogP) is -1.34. The number of amides is 1. The van der Waals surface area contributed by atoms with Crippen LogP contribution in [-0.4, -0.2) is 33.0 Å². The molecule has 0 unspecified atom stereocenters. The molecule has 0 aliphatic rings. The first-order chi connectivity index (χ1) is 7.24. The molecule has 0 radical (unpaired) electrons. The van der Waals surface area contributed by atoms with Crippen LogP contribution in [0, 0.1) is 11.3 Å². The number of carbonyl (C=O) groups is 1. The predicted molar refractivity (Wildman–Crippen MR) is 48.2 cm³/mol. The normalized spacial score (nSPS) is 10.7. The van der Waals surface area contributed by atoms with Crippen molar-refractivity contribution in [3.8, 4) is 6.07 Å². The maximum absolute atomic E-state index is 10.5. The zero-order valence-electron chi connectivity index (χ0n) is 7.70. The standard InChI is InChI=1S/C7H8N6O2/c8-3-6(7(9)14)12-15-2-1-13-5-10-4-11-13/h4-5H,1-2H2,(H2,9,14). The average Bonchev–Trinajstić information content (AvgIpc) is 2.70. The zero-order chi connectivity index (χ0) is 11.1. The number of nitrogens with zero attached hydrogens (tertiary/aromatic N) is 5. The van der Waals surface area contributed by atoms with E-state index in [0.717, 1.165) is 0 Å². The topological polar surface area (TPSA) is 119 Å². The van der Waals surface area contributed by atoms with Crippen molar-refractivity contribution in [1.29, 1.82) is 5.26 Å². The molecule has 0 saturated carbocycles. The van der Waals surface area contributed by atoms with E-state index in [2.05, 4.69) is 15.2 Å². The van der Waals surface area contributed by atoms with Crippen LogP contribution in [0.25, 0.3) is 0 Å². The molecular formula is C7H8N6O2. The van der Waals surface area contributed by atoms with Gasteiger partial charge in [-0.3, -0.25) is 4.79 Å². The summed E-state index contributed by atoms with van der Waals surface area (Å²) < 4.78 is 1.52. The molecule has 0 spiro atoms. The summed E-state index contributed by atoms with van der Waals surface area (Å²) in [5.74, 6) is -0.918. The van der Waals surface area contributed by atoms with Crippen LogP contribution in [0.4, 0.5) is 0 Å². The van der Waals surface area contributed by atoms with E-state index in [9.17, 15) is 4.79 Å². The van der Waals surface area contributed by atoms with Crippen LogP contribution in [0.2, 0.25) is 0 Å². The monoisotopic (exact) mass is 208 g/mol. The van der Waals surface area contributed by atoms with Crippen molar-refractivity contribution in [1.82, 2.24) is 14.8 Å². The number of hydrogen-bond donors (Lipinski definition) is 1. The number of oxime groups is 1. The molecular weight excluding hydrogens is 200 g/mol. The Bertz CT molecular complexity index is 390. The van der Waals surface area contributed by atoms with Crippen molar-refractivity contribution in [2.75, 3.05) is 6.61 Å². The van der Waals surface area contributed by atoms with Crippen molar-refractivity contribution >= 4 is 11.6 Å². The van der Waals surface area contributed by atoms with Gasteiger partial charge in [0.05, 0.1) is 6.54 Å². The van der Waals surface area contributed by atoms with Gasteiger partial charge in [0.15, 0.2) is 0 Å². The number of aromatic nitrogens is 3. The van der Waals surface area contributed by atoms with Gasteiger partial charge in [0.1, 0.15) is 25.3 Å². The number of nitrogens with two attached hydrogens (primary N) is 1. The van der Waals surface area contributed by atoms with Gasteiger partial charge in [-0.2, -0.15) is 10.4 Å². The molecule has 78 valence electrons. The third-order valence-electron chi connectivity index (χ3n) is 1.37. The number of primary amides is 1. The van der Waals surface area contributed by atoms with E-state index in [1.54, 1.807) is 0 Å². The van der Waals surface area contributed by atoms with Crippen molar-refractivity contribution in [2.24, 2.45) is 10.9 Å². The second kappa shape index (κ2) is 5.33. The molecule has 8 nitrogen and oxygen atoms in total. The summed E-state index contributed by atoms with van der Waals surface area (Å²) >= 11 is 0. The van der Waals surface area contributed by atoms with Crippen LogP contribution in [0.3, 0.4) is 0 Å². The van der Waals surface area contributed by atoms with Crippen molar-refractivity contribution < 1.29 is 9.63 Å². The van der Waals surface area contributed by atoms with Crippen molar-refractivity contribution in [3.05, 3.63) is 12.7 Å². The Labute approximate surface area is 84.9 Å². The molecule has 0 bridgehead atoms. The Balaban J connectivity index is 2.33. The minimum Gasteiger partial charge on any atom is -0.393 e. The Morgan fingerprint density at radius 2 is 2.53 bits per heavy atom. The third kappa shape index (κ3) is 3.43. The van der Waals surface area contributed by atoms with Crippen LogP contribution in [-0.2, 0) is 16.2 Å². The minimum atomic E-state index is -0.918. The van der Waals surface area contributed by atoms with Gasteiger partial charge in [0.2, 0.25) is 5.71 Å². The number of rotatable bonds is 5. The number of nitriles is 1. The first kappa shape index (κ1) is 10.6. The van der Waals surface area contributed by atoms with Gasteiger partial charge >= 0.3 is 0 Å². The molecule has 0 aromatic carbocycles. The van der Waals surface area contributed by atoms with E-state index in [-0.39, 0.29) is 6.61 Å². The van der Waals surface area contributed by atoms with Crippen molar-refractivity contribution in [2.45, 2.75) is 6.54 Å². The van der Waals surface area contributed by atoms with E-state index in [1.165, 1.54) is 23.4 Å². The molecule has 8 heteroatoms. The quantitative estimate of drug-likeness (QED) is 0.365. The van der Waals surface area contributed by atoms with Crippen LogP contribution in [0.5, 0.6) is 0 Å². The molecule has 1 heterocycles. The fraction of sp³-hybridized carbons (Fsp3) is 0.286. The zero-order valence-corrected chi connectivity index (χ0v) is 7.70. The Hall–Kier alpha value is -2.43. The van der Waals surface area contributed by atoms with E-state index >= 15 is 0 Å². The lowest BCUT2D eigenvalue weighted by Crippen LogP contribution is -2.22. The van der Waals surface area contributed by atoms with Gasteiger partial charge in [0, 0.05) is 0 Å². The van der Waals surface area contributed by atoms with Crippen LogP contribution in [0.15, 0.2) is 17.8 Å². The molecule has 0 aliphatic heterocycles. The van der Waals surface area contributed by atoms with Crippen LogP contribution in [0.1, 0.15) is 0 Å². The van der Waals surface area contributed by atoms with Crippen molar-refractivity contribution in [3.63, 3.8) is 0 Å². The maximum Gasteiger partial charge on any atom is 0.281 e. The molecule has 0 atom stereocenters. The summed E-state index contributed by atoms with van der Waals surface area (Å²) in [6.45, 7) is 0.586. The molecule has 1 amide bonds. The smallest absolute Gasteiger partial charge is 0.281 e. The Morgan fingerprint density at radius 1 is 1.73 bits per heavy atom. The SMILES string of the molecule is N#CC(=NOCCn1cncn1)C(N)=O. The summed E-state index contributed by atoms with van der Waals surface area (Å²) in [6.07, 6.45) is 2.89. The van der Waals surface area contributed by atoms with E-state index in [4.69, 9.17) is 15.8 Å². The highest BCUT2D eigenvalue weighted by Crippen LogP contribution is 1.85. The first-order valence-corrected chi connectivity index (χ1v) is 3.96. The summed E-state index contributed by atoms with van der Waals surface area (Å²) in [6, 6.07) is 1.51. The minimum absolute atomic E-state index is 0.168. The van der Waals surface area contributed by atoms with Gasteiger partial charge in [0.25, 0.3) is 5.91 Å². The Morgan fingerprint density at radius 3 is 3.07 bits per heavy atom. The van der Waals surface area contributed by atoms with Gasteiger partial charge in [-0.05, 0) is 0 Å². The molecule has 15 heavy (non-hydrogen) atoms. The summed E-state index contributed by atoms with van der Waals surface area (Å²) in [5.41, 5.74) is 4.36. The lowest BCUT2D eigenvalue weighted by molar-refractivity contribution is -0.112. The van der Waals surface area contributed by atoms with Crippen LogP contribution < -0.4 is 5.73 Å². The van der Waals surface area contributed by atoms with Gasteiger partial charge in [-0.25, -0.2) is 9.67 Å². The second-order valence-electron chi connectivity index (χ2n) is 2.41. The summed E-state index contributed by atoms with van der Waals surface area (Å²) in [7, 11) is 0. The highest BCUT2D eigenvalue weighted by Gasteiger charge is 2.05. The lowest BCUT2D eigenvalue weighted by atomic mass is 10.4. The first-order valence-electron chi connectivity index (χ1n) is 3.96. The van der Waals surface area contributed by atoms with Gasteiger partial charge in [-0.15, -0.1) is 0 Å². The highest BCUT2D eigenvalue weighted by atomic mass is 16.6. The average molecular weight is 208 g/mol. The van der Waals surface area contributed by atoms with E-state index in [0.29, 0.717) is 6.54 Å². The van der Waals surface area contributed by atoms with Crippen LogP contribution >= 0.6 is 0 Å². The molecule has 2 N–H and O–H groups in total. The van der Waals surface area contributed by atoms with E-state index in [1.807, 2.05) is 0 Å². The molecule has 1 aromatic heterocycles. The Kier molecular flexibility index (Phi) is 3.79. The maximum atomic E-state index is 10.5. The second-order valence-corrected chi connectivity index (χ2v) is 2.41. The molecule has 0 fully saturated rings. The summed E-state index contributed by atoms with van der Waals surface area (Å²) in [4.78, 5) is 18.9. The number of hydrogen-bond acceptors (Lipinski definition) is 6. The molecule has 0 aliphatic carbocycles. The van der Waals surface area contributed by atoms with Gasteiger partial charge in [-0.1, -0.05) is 5.16 Å². The van der Waals surface area contributed by atoms with E-state index < -0.39 is 11.6 Å². The fourth-order valence-corrected chi connectivity index (χ4v) is 0.713. The molecule has 1 aromatic rings.